The van der Waals surface area contributed by atoms with Crippen LogP contribution in [-0.2, 0) is 16.1 Å². The summed E-state index contributed by atoms with van der Waals surface area (Å²) in [6.45, 7) is 0.203. The second kappa shape index (κ2) is 6.44. The van der Waals surface area contributed by atoms with Gasteiger partial charge in [-0.2, -0.15) is 0 Å². The number of methoxy groups -OCH3 is 1. The van der Waals surface area contributed by atoms with Crippen LogP contribution in [0.3, 0.4) is 0 Å². The van der Waals surface area contributed by atoms with Crippen LogP contribution in [0.25, 0.3) is 10.9 Å². The molecule has 0 atom stereocenters. The lowest BCUT2D eigenvalue weighted by atomic mass is 10.2. The molecule has 0 radical (unpaired) electrons. The van der Waals surface area contributed by atoms with E-state index in [4.69, 9.17) is 18.9 Å². The molecule has 132 valence electrons. The fourth-order valence-electron chi connectivity index (χ4n) is 2.83. The summed E-state index contributed by atoms with van der Waals surface area (Å²) in [5.74, 6) is 0.424. The van der Waals surface area contributed by atoms with E-state index in [1.165, 1.54) is 11.7 Å². The van der Waals surface area contributed by atoms with Crippen LogP contribution < -0.4 is 9.47 Å². The molecule has 0 fully saturated rings. The molecule has 0 aliphatic carbocycles. The molecule has 7 heteroatoms. The van der Waals surface area contributed by atoms with Crippen LogP contribution in [0.15, 0.2) is 48.5 Å². The van der Waals surface area contributed by atoms with Crippen molar-refractivity contribution in [3.8, 4) is 11.5 Å². The first-order chi connectivity index (χ1) is 12.7. The maximum absolute atomic E-state index is 12.7. The molecule has 0 spiro atoms. The van der Waals surface area contributed by atoms with E-state index in [2.05, 4.69) is 0 Å². The van der Waals surface area contributed by atoms with Gasteiger partial charge in [0.25, 0.3) is 0 Å². The quantitative estimate of drug-likeness (QED) is 0.672. The van der Waals surface area contributed by atoms with Gasteiger partial charge in [-0.25, -0.2) is 14.2 Å². The molecule has 26 heavy (non-hydrogen) atoms. The zero-order chi connectivity index (χ0) is 18.1. The van der Waals surface area contributed by atoms with Gasteiger partial charge in [0.2, 0.25) is 6.79 Å². The Balaban J connectivity index is 1.73. The highest BCUT2D eigenvalue weighted by molar-refractivity contribution is 6.02. The molecule has 0 N–H and O–H groups in total. The van der Waals surface area contributed by atoms with E-state index in [1.807, 2.05) is 30.3 Å². The zero-order valence-electron chi connectivity index (χ0n) is 13.9. The van der Waals surface area contributed by atoms with E-state index in [0.29, 0.717) is 22.4 Å². The molecule has 1 aliphatic heterocycles. The Morgan fingerprint density at radius 3 is 2.54 bits per heavy atom. The number of benzene rings is 2. The van der Waals surface area contributed by atoms with Crippen molar-refractivity contribution in [2.24, 2.45) is 0 Å². The molecule has 1 aliphatic rings. The van der Waals surface area contributed by atoms with Gasteiger partial charge in [0.15, 0.2) is 11.5 Å². The number of fused-ring (bicyclic) bond motifs is 2. The van der Waals surface area contributed by atoms with E-state index < -0.39 is 12.1 Å². The molecule has 7 nitrogen and oxygen atoms in total. The lowest BCUT2D eigenvalue weighted by molar-refractivity contribution is 0.0585. The standard InChI is InChI=1S/C19H15NO6/c1-23-18(21)15-7-13-8-16-17(26-11-25-16)9-14(13)20(15)19(22)24-10-12-5-3-2-4-6-12/h2-9H,10-11H2,1H3. The molecule has 0 unspecified atom stereocenters. The molecular formula is C19H15NO6. The summed E-state index contributed by atoms with van der Waals surface area (Å²) in [4.78, 5) is 24.8. The Labute approximate surface area is 148 Å². The van der Waals surface area contributed by atoms with Crippen LogP contribution in [0.5, 0.6) is 11.5 Å². The summed E-state index contributed by atoms with van der Waals surface area (Å²) >= 11 is 0. The Morgan fingerprint density at radius 1 is 1.08 bits per heavy atom. The third kappa shape index (κ3) is 2.73. The van der Waals surface area contributed by atoms with Crippen LogP contribution in [0.1, 0.15) is 16.1 Å². The first-order valence-corrected chi connectivity index (χ1v) is 7.92. The Morgan fingerprint density at radius 2 is 1.81 bits per heavy atom. The van der Waals surface area contributed by atoms with Crippen molar-refractivity contribution in [1.29, 1.82) is 0 Å². The number of hydrogen-bond acceptors (Lipinski definition) is 6. The number of hydrogen-bond donors (Lipinski definition) is 0. The van der Waals surface area contributed by atoms with Gasteiger partial charge < -0.3 is 18.9 Å². The van der Waals surface area contributed by atoms with Crippen molar-refractivity contribution in [2.75, 3.05) is 13.9 Å². The van der Waals surface area contributed by atoms with Crippen LogP contribution in [-0.4, -0.2) is 30.5 Å². The van der Waals surface area contributed by atoms with Crippen LogP contribution >= 0.6 is 0 Å². The summed E-state index contributed by atoms with van der Waals surface area (Å²) in [5, 5.41) is 0.645. The average Bonchev–Trinajstić information content (AvgIpc) is 3.27. The molecule has 2 heterocycles. The van der Waals surface area contributed by atoms with Crippen molar-refractivity contribution in [3.63, 3.8) is 0 Å². The molecule has 3 aromatic rings. The Hall–Kier alpha value is -3.48. The van der Waals surface area contributed by atoms with Crippen molar-refractivity contribution in [1.82, 2.24) is 4.57 Å². The highest BCUT2D eigenvalue weighted by Gasteiger charge is 2.25. The third-order valence-electron chi connectivity index (χ3n) is 4.08. The second-order valence-electron chi connectivity index (χ2n) is 5.66. The van der Waals surface area contributed by atoms with Crippen molar-refractivity contribution < 1.29 is 28.5 Å². The number of esters is 1. The van der Waals surface area contributed by atoms with Gasteiger partial charge in [-0.3, -0.25) is 0 Å². The summed E-state index contributed by atoms with van der Waals surface area (Å²) in [6, 6.07) is 14.2. The number of carbonyl (C=O) groups excluding carboxylic acids is 2. The van der Waals surface area contributed by atoms with Crippen LogP contribution in [0, 0.1) is 0 Å². The predicted molar refractivity (Wildman–Crippen MR) is 91.4 cm³/mol. The molecule has 0 saturated carbocycles. The van der Waals surface area contributed by atoms with Crippen molar-refractivity contribution in [2.45, 2.75) is 6.61 Å². The zero-order valence-corrected chi connectivity index (χ0v) is 13.9. The van der Waals surface area contributed by atoms with Gasteiger partial charge in [-0.05, 0) is 17.7 Å². The van der Waals surface area contributed by atoms with Crippen molar-refractivity contribution in [3.05, 3.63) is 59.8 Å². The monoisotopic (exact) mass is 353 g/mol. The van der Waals surface area contributed by atoms with E-state index in [0.717, 1.165) is 5.56 Å². The largest absolute Gasteiger partial charge is 0.464 e. The number of ether oxygens (including phenoxy) is 4. The fourth-order valence-corrected chi connectivity index (χ4v) is 2.83. The third-order valence-corrected chi connectivity index (χ3v) is 4.08. The van der Waals surface area contributed by atoms with E-state index in [9.17, 15) is 9.59 Å². The molecule has 0 bridgehead atoms. The number of rotatable bonds is 3. The number of carbonyl (C=O) groups is 2. The Kier molecular flexibility index (Phi) is 3.96. The van der Waals surface area contributed by atoms with Gasteiger partial charge in [-0.1, -0.05) is 30.3 Å². The molecule has 1 aromatic heterocycles. The molecule has 0 amide bonds. The summed E-state index contributed by atoms with van der Waals surface area (Å²) in [7, 11) is 1.26. The van der Waals surface area contributed by atoms with Gasteiger partial charge >= 0.3 is 12.1 Å². The van der Waals surface area contributed by atoms with Crippen LogP contribution in [0.4, 0.5) is 4.79 Å². The van der Waals surface area contributed by atoms with E-state index in [-0.39, 0.29) is 19.1 Å². The smallest absolute Gasteiger partial charge is 0.419 e. The summed E-state index contributed by atoms with van der Waals surface area (Å²) < 4.78 is 22.1. The maximum Gasteiger partial charge on any atom is 0.419 e. The minimum absolute atomic E-state index is 0.0734. The van der Waals surface area contributed by atoms with Gasteiger partial charge in [0, 0.05) is 11.5 Å². The van der Waals surface area contributed by atoms with E-state index >= 15 is 0 Å². The highest BCUT2D eigenvalue weighted by atomic mass is 16.7. The summed E-state index contributed by atoms with van der Waals surface area (Å²) in [5.41, 5.74) is 1.39. The lowest BCUT2D eigenvalue weighted by Crippen LogP contribution is -2.19. The minimum atomic E-state index is -0.678. The first-order valence-electron chi connectivity index (χ1n) is 7.92. The lowest BCUT2D eigenvalue weighted by Gasteiger charge is -2.09. The minimum Gasteiger partial charge on any atom is -0.464 e. The van der Waals surface area contributed by atoms with Gasteiger partial charge in [0.1, 0.15) is 12.3 Å². The Bertz CT molecular complexity index is 992. The number of nitrogens with zero attached hydrogens (tertiary/aromatic N) is 1. The van der Waals surface area contributed by atoms with Crippen molar-refractivity contribution >= 4 is 23.0 Å². The SMILES string of the molecule is COC(=O)c1cc2cc3c(cc2n1C(=O)OCc1ccccc1)OCO3. The topological polar surface area (TPSA) is 76.0 Å². The normalized spacial score (nSPS) is 12.2. The highest BCUT2D eigenvalue weighted by Crippen LogP contribution is 2.37. The molecule has 2 aromatic carbocycles. The molecular weight excluding hydrogens is 338 g/mol. The van der Waals surface area contributed by atoms with Gasteiger partial charge in [-0.15, -0.1) is 0 Å². The molecule has 4 rings (SSSR count). The summed E-state index contributed by atoms with van der Waals surface area (Å²) in [6.07, 6.45) is -0.678. The number of aromatic nitrogens is 1. The predicted octanol–water partition coefficient (Wildman–Crippen LogP) is 3.34. The van der Waals surface area contributed by atoms with Gasteiger partial charge in [0.05, 0.1) is 12.6 Å². The second-order valence-corrected chi connectivity index (χ2v) is 5.66. The molecule has 0 saturated heterocycles. The fraction of sp³-hybridized carbons (Fsp3) is 0.158. The average molecular weight is 353 g/mol. The van der Waals surface area contributed by atoms with Crippen LogP contribution in [0.2, 0.25) is 0 Å². The van der Waals surface area contributed by atoms with E-state index in [1.54, 1.807) is 18.2 Å². The maximum atomic E-state index is 12.7. The first kappa shape index (κ1) is 16.0.